The molecule has 120 valence electrons. The number of rotatable bonds is 4. The zero-order valence-corrected chi connectivity index (χ0v) is 14.1. The minimum absolute atomic E-state index is 1.06. The molecule has 3 heteroatoms. The summed E-state index contributed by atoms with van der Waals surface area (Å²) in [6.45, 7) is 16.7. The van der Waals surface area contributed by atoms with E-state index in [9.17, 15) is 0 Å². The van der Waals surface area contributed by atoms with Gasteiger partial charge in [0.2, 0.25) is 0 Å². The summed E-state index contributed by atoms with van der Waals surface area (Å²) in [7, 11) is 0. The SMILES string of the molecule is C=C(CN1CCCC1)N1CCN(c2cc(C)ccc2C)CC1. The van der Waals surface area contributed by atoms with Gasteiger partial charge in [0.15, 0.2) is 0 Å². The highest BCUT2D eigenvalue weighted by atomic mass is 15.3. The van der Waals surface area contributed by atoms with Gasteiger partial charge in [0.25, 0.3) is 0 Å². The summed E-state index contributed by atoms with van der Waals surface area (Å²) in [6, 6.07) is 6.76. The molecule has 2 saturated heterocycles. The number of hydrogen-bond donors (Lipinski definition) is 0. The van der Waals surface area contributed by atoms with Gasteiger partial charge >= 0.3 is 0 Å². The molecule has 2 heterocycles. The molecule has 0 aromatic heterocycles. The molecular weight excluding hydrogens is 270 g/mol. The number of anilines is 1. The molecule has 2 aliphatic rings. The minimum atomic E-state index is 1.06. The van der Waals surface area contributed by atoms with E-state index in [1.807, 2.05) is 0 Å². The Balaban J connectivity index is 1.55. The molecule has 1 aromatic rings. The Bertz CT molecular complexity index is 523. The summed E-state index contributed by atoms with van der Waals surface area (Å²) in [4.78, 5) is 7.56. The van der Waals surface area contributed by atoms with E-state index >= 15 is 0 Å². The van der Waals surface area contributed by atoms with Gasteiger partial charge in [-0.1, -0.05) is 18.7 Å². The van der Waals surface area contributed by atoms with Gasteiger partial charge in [0.05, 0.1) is 0 Å². The van der Waals surface area contributed by atoms with Crippen LogP contribution in [0.15, 0.2) is 30.5 Å². The fourth-order valence-corrected chi connectivity index (χ4v) is 3.62. The van der Waals surface area contributed by atoms with Crippen LogP contribution in [0.3, 0.4) is 0 Å². The lowest BCUT2D eigenvalue weighted by Gasteiger charge is -2.39. The fraction of sp³-hybridized carbons (Fsp3) is 0.579. The van der Waals surface area contributed by atoms with Crippen LogP contribution in [-0.2, 0) is 0 Å². The lowest BCUT2D eigenvalue weighted by atomic mass is 10.1. The number of piperazine rings is 1. The van der Waals surface area contributed by atoms with Crippen LogP contribution in [0.2, 0.25) is 0 Å². The highest BCUT2D eigenvalue weighted by Crippen LogP contribution is 2.23. The van der Waals surface area contributed by atoms with Gasteiger partial charge in [-0.05, 0) is 57.0 Å². The maximum atomic E-state index is 4.34. The summed E-state index contributed by atoms with van der Waals surface area (Å²) in [5.74, 6) is 0. The molecule has 0 bridgehead atoms. The number of benzene rings is 1. The summed E-state index contributed by atoms with van der Waals surface area (Å²) < 4.78 is 0. The van der Waals surface area contributed by atoms with Gasteiger partial charge in [0.1, 0.15) is 0 Å². The number of nitrogens with zero attached hydrogens (tertiary/aromatic N) is 3. The molecule has 0 amide bonds. The van der Waals surface area contributed by atoms with Crippen LogP contribution in [-0.4, -0.2) is 55.6 Å². The molecule has 3 nitrogen and oxygen atoms in total. The number of likely N-dealkylation sites (tertiary alicyclic amines) is 1. The highest BCUT2D eigenvalue weighted by molar-refractivity contribution is 5.55. The predicted octanol–water partition coefficient (Wildman–Crippen LogP) is 3.03. The van der Waals surface area contributed by atoms with Crippen LogP contribution in [0, 0.1) is 13.8 Å². The van der Waals surface area contributed by atoms with Gasteiger partial charge in [0, 0.05) is 44.1 Å². The number of hydrogen-bond acceptors (Lipinski definition) is 3. The molecule has 0 N–H and O–H groups in total. The van der Waals surface area contributed by atoms with Gasteiger partial charge < -0.3 is 9.80 Å². The predicted molar refractivity (Wildman–Crippen MR) is 94.5 cm³/mol. The van der Waals surface area contributed by atoms with Crippen LogP contribution in [0.1, 0.15) is 24.0 Å². The van der Waals surface area contributed by atoms with Crippen molar-refractivity contribution >= 4 is 5.69 Å². The molecule has 0 unspecified atom stereocenters. The van der Waals surface area contributed by atoms with Crippen molar-refractivity contribution in [3.63, 3.8) is 0 Å². The first-order chi connectivity index (χ1) is 10.6. The third-order valence-electron chi connectivity index (χ3n) is 5.04. The van der Waals surface area contributed by atoms with Crippen molar-refractivity contribution in [3.8, 4) is 0 Å². The Labute approximate surface area is 135 Å². The first-order valence-electron chi connectivity index (χ1n) is 8.61. The van der Waals surface area contributed by atoms with E-state index in [-0.39, 0.29) is 0 Å². The van der Waals surface area contributed by atoms with E-state index < -0.39 is 0 Å². The summed E-state index contributed by atoms with van der Waals surface area (Å²) in [5, 5.41) is 0. The second-order valence-electron chi connectivity index (χ2n) is 6.81. The van der Waals surface area contributed by atoms with E-state index in [0.717, 1.165) is 32.7 Å². The average molecular weight is 299 g/mol. The maximum absolute atomic E-state index is 4.34. The van der Waals surface area contributed by atoms with Crippen molar-refractivity contribution < 1.29 is 0 Å². The molecule has 1 aromatic carbocycles. The van der Waals surface area contributed by atoms with Crippen LogP contribution in [0.4, 0.5) is 5.69 Å². The van der Waals surface area contributed by atoms with Crippen LogP contribution in [0.25, 0.3) is 0 Å². The monoisotopic (exact) mass is 299 g/mol. The lowest BCUT2D eigenvalue weighted by molar-refractivity contribution is 0.270. The molecule has 2 aliphatic heterocycles. The Hall–Kier alpha value is -1.48. The van der Waals surface area contributed by atoms with Gasteiger partial charge in [-0.2, -0.15) is 0 Å². The third kappa shape index (κ3) is 3.46. The topological polar surface area (TPSA) is 9.72 Å². The second kappa shape index (κ2) is 6.74. The van der Waals surface area contributed by atoms with Gasteiger partial charge in [-0.15, -0.1) is 0 Å². The highest BCUT2D eigenvalue weighted by Gasteiger charge is 2.21. The smallest absolute Gasteiger partial charge is 0.0399 e. The summed E-state index contributed by atoms with van der Waals surface area (Å²) in [6.07, 6.45) is 2.71. The average Bonchev–Trinajstić information content (AvgIpc) is 3.03. The minimum Gasteiger partial charge on any atom is -0.371 e. The van der Waals surface area contributed by atoms with E-state index in [1.165, 1.54) is 48.4 Å². The first-order valence-corrected chi connectivity index (χ1v) is 8.61. The zero-order chi connectivity index (χ0) is 15.5. The summed E-state index contributed by atoms with van der Waals surface area (Å²) >= 11 is 0. The van der Waals surface area contributed by atoms with E-state index in [1.54, 1.807) is 0 Å². The fourth-order valence-electron chi connectivity index (χ4n) is 3.62. The van der Waals surface area contributed by atoms with Crippen LogP contribution in [0.5, 0.6) is 0 Å². The van der Waals surface area contributed by atoms with Crippen molar-refractivity contribution in [2.24, 2.45) is 0 Å². The Morgan fingerprint density at radius 1 is 1.00 bits per heavy atom. The molecule has 22 heavy (non-hydrogen) atoms. The normalized spacial score (nSPS) is 19.7. The van der Waals surface area contributed by atoms with Crippen molar-refractivity contribution in [3.05, 3.63) is 41.6 Å². The first kappa shape index (κ1) is 15.4. The van der Waals surface area contributed by atoms with Crippen LogP contribution < -0.4 is 4.90 Å². The quantitative estimate of drug-likeness (QED) is 0.846. The third-order valence-corrected chi connectivity index (χ3v) is 5.04. The van der Waals surface area contributed by atoms with Gasteiger partial charge in [-0.3, -0.25) is 4.90 Å². The number of aryl methyl sites for hydroxylation is 2. The molecular formula is C19H29N3. The van der Waals surface area contributed by atoms with E-state index in [2.05, 4.69) is 53.3 Å². The largest absolute Gasteiger partial charge is 0.371 e. The van der Waals surface area contributed by atoms with Crippen LogP contribution >= 0.6 is 0 Å². The standard InChI is InChI=1S/C19H29N3/c1-16-6-7-17(2)19(14-16)22-12-10-21(11-13-22)18(3)15-20-8-4-5-9-20/h6-7,14H,3-5,8-13,15H2,1-2H3. The molecule has 0 atom stereocenters. The second-order valence-corrected chi connectivity index (χ2v) is 6.81. The van der Waals surface area contributed by atoms with Crippen molar-refractivity contribution in [2.45, 2.75) is 26.7 Å². The maximum Gasteiger partial charge on any atom is 0.0399 e. The molecule has 0 spiro atoms. The molecule has 0 saturated carbocycles. The Morgan fingerprint density at radius 2 is 1.68 bits per heavy atom. The van der Waals surface area contributed by atoms with Crippen molar-refractivity contribution in [1.82, 2.24) is 9.80 Å². The van der Waals surface area contributed by atoms with E-state index in [4.69, 9.17) is 0 Å². The molecule has 0 aliphatic carbocycles. The Kier molecular flexibility index (Phi) is 4.72. The van der Waals surface area contributed by atoms with Crippen molar-refractivity contribution in [2.75, 3.05) is 50.7 Å². The molecule has 3 rings (SSSR count). The lowest BCUT2D eigenvalue weighted by Crippen LogP contribution is -2.47. The molecule has 0 radical (unpaired) electrons. The molecule has 2 fully saturated rings. The van der Waals surface area contributed by atoms with E-state index in [0.29, 0.717) is 0 Å². The van der Waals surface area contributed by atoms with Crippen molar-refractivity contribution in [1.29, 1.82) is 0 Å². The van der Waals surface area contributed by atoms with Gasteiger partial charge in [-0.25, -0.2) is 0 Å². The summed E-state index contributed by atoms with van der Waals surface area (Å²) in [5.41, 5.74) is 5.45. The zero-order valence-electron chi connectivity index (χ0n) is 14.1. The Morgan fingerprint density at radius 3 is 2.36 bits per heavy atom.